The lowest BCUT2D eigenvalue weighted by Gasteiger charge is -2.26. The van der Waals surface area contributed by atoms with E-state index in [2.05, 4.69) is 10.3 Å². The first kappa shape index (κ1) is 15.9. The Hall–Kier alpha value is -1.13. The Labute approximate surface area is 119 Å². The van der Waals surface area contributed by atoms with Crippen molar-refractivity contribution in [2.45, 2.75) is 40.7 Å². The van der Waals surface area contributed by atoms with Gasteiger partial charge in [0.1, 0.15) is 5.15 Å². The minimum absolute atomic E-state index is 0.186. The van der Waals surface area contributed by atoms with Crippen LogP contribution in [0.15, 0.2) is 6.07 Å². The number of carbonyl (C=O) groups is 1. The summed E-state index contributed by atoms with van der Waals surface area (Å²) in [4.78, 5) is 16.2. The molecule has 0 aliphatic rings. The predicted octanol–water partition coefficient (Wildman–Crippen LogP) is 2.49. The summed E-state index contributed by atoms with van der Waals surface area (Å²) in [7, 11) is 0. The number of pyridine rings is 1. The number of aromatic nitrogens is 1. The fraction of sp³-hybridized carbons (Fsp3) is 0.571. The predicted molar refractivity (Wildman–Crippen MR) is 76.5 cm³/mol. The summed E-state index contributed by atoms with van der Waals surface area (Å²) in [5.74, 6) is -0.307. The molecule has 1 atom stereocenters. The van der Waals surface area contributed by atoms with Gasteiger partial charge in [-0.2, -0.15) is 0 Å². The van der Waals surface area contributed by atoms with Crippen LogP contribution in [0.1, 0.15) is 42.4 Å². The van der Waals surface area contributed by atoms with Gasteiger partial charge in [-0.1, -0.05) is 32.4 Å². The van der Waals surface area contributed by atoms with E-state index in [1.807, 2.05) is 34.6 Å². The lowest BCUT2D eigenvalue weighted by molar-refractivity contribution is 0.0586. The molecule has 1 unspecified atom stereocenters. The first-order valence-corrected chi connectivity index (χ1v) is 6.60. The fourth-order valence-electron chi connectivity index (χ4n) is 1.65. The second-order valence-electron chi connectivity index (χ2n) is 5.84. The molecule has 0 aromatic carbocycles. The molecule has 1 aromatic rings. The number of nitrogens with one attached hydrogen (secondary N) is 1. The van der Waals surface area contributed by atoms with Gasteiger partial charge in [0, 0.05) is 12.2 Å². The van der Waals surface area contributed by atoms with Crippen LogP contribution >= 0.6 is 11.6 Å². The van der Waals surface area contributed by atoms with E-state index in [0.29, 0.717) is 5.56 Å². The molecular weight excluding hydrogens is 264 g/mol. The Bertz CT molecular complexity index is 458. The van der Waals surface area contributed by atoms with E-state index in [0.717, 1.165) is 11.3 Å². The summed E-state index contributed by atoms with van der Waals surface area (Å²) in [5, 5.41) is 12.8. The molecule has 1 rings (SSSR count). The number of aliphatic hydroxyl groups excluding tert-OH is 1. The molecule has 4 nitrogen and oxygen atoms in total. The molecule has 1 amide bonds. The lowest BCUT2D eigenvalue weighted by Crippen LogP contribution is -2.39. The number of carbonyl (C=O) groups excluding carboxylic acids is 1. The Morgan fingerprint density at radius 3 is 2.53 bits per heavy atom. The number of amides is 1. The van der Waals surface area contributed by atoms with E-state index in [-0.39, 0.29) is 23.0 Å². The molecule has 0 radical (unpaired) electrons. The molecule has 0 saturated heterocycles. The molecule has 0 aliphatic heterocycles. The molecule has 0 saturated carbocycles. The second-order valence-corrected chi connectivity index (χ2v) is 6.20. The first-order chi connectivity index (χ1) is 8.62. The van der Waals surface area contributed by atoms with Gasteiger partial charge < -0.3 is 10.4 Å². The summed E-state index contributed by atoms with van der Waals surface area (Å²) >= 11 is 6.00. The van der Waals surface area contributed by atoms with Crippen molar-refractivity contribution < 1.29 is 9.90 Å². The van der Waals surface area contributed by atoms with Crippen molar-refractivity contribution in [3.05, 3.63) is 28.0 Å². The summed E-state index contributed by atoms with van der Waals surface area (Å²) in [6.45, 7) is 9.56. The summed E-state index contributed by atoms with van der Waals surface area (Å²) in [6.07, 6.45) is -0.617. The van der Waals surface area contributed by atoms with Crippen LogP contribution in [0, 0.1) is 19.3 Å². The molecule has 106 valence electrons. The van der Waals surface area contributed by atoms with Crippen LogP contribution < -0.4 is 5.32 Å². The van der Waals surface area contributed by atoms with Crippen molar-refractivity contribution in [1.29, 1.82) is 0 Å². The van der Waals surface area contributed by atoms with Gasteiger partial charge in [-0.3, -0.25) is 4.79 Å². The van der Waals surface area contributed by atoms with Crippen LogP contribution in [0.3, 0.4) is 0 Å². The Morgan fingerprint density at radius 1 is 1.47 bits per heavy atom. The lowest BCUT2D eigenvalue weighted by atomic mass is 9.89. The normalized spacial score (nSPS) is 13.2. The molecule has 19 heavy (non-hydrogen) atoms. The topological polar surface area (TPSA) is 62.2 Å². The minimum Gasteiger partial charge on any atom is -0.391 e. The van der Waals surface area contributed by atoms with Crippen LogP contribution in [0.2, 0.25) is 5.15 Å². The van der Waals surface area contributed by atoms with Gasteiger partial charge in [-0.05, 0) is 30.9 Å². The van der Waals surface area contributed by atoms with Crippen molar-refractivity contribution in [1.82, 2.24) is 10.3 Å². The number of aryl methyl sites for hydroxylation is 2. The third kappa shape index (κ3) is 4.18. The zero-order chi connectivity index (χ0) is 14.8. The monoisotopic (exact) mass is 284 g/mol. The highest BCUT2D eigenvalue weighted by atomic mass is 35.5. The van der Waals surface area contributed by atoms with Gasteiger partial charge in [-0.15, -0.1) is 0 Å². The smallest absolute Gasteiger partial charge is 0.254 e. The molecule has 1 heterocycles. The first-order valence-electron chi connectivity index (χ1n) is 6.23. The second kappa shape index (κ2) is 5.88. The standard InChI is InChI=1S/C14H21ClN2O2/c1-8-6-9(2)17-12(15)11(8)13(19)16-7-10(18)14(3,4)5/h6,10,18H,7H2,1-5H3,(H,16,19). The van der Waals surface area contributed by atoms with Crippen LogP contribution in [0.5, 0.6) is 0 Å². The van der Waals surface area contributed by atoms with E-state index in [1.165, 1.54) is 0 Å². The zero-order valence-electron chi connectivity index (χ0n) is 12.0. The van der Waals surface area contributed by atoms with Crippen molar-refractivity contribution in [3.8, 4) is 0 Å². The molecule has 2 N–H and O–H groups in total. The van der Waals surface area contributed by atoms with Crippen LogP contribution in [0.25, 0.3) is 0 Å². The van der Waals surface area contributed by atoms with Crippen LogP contribution in [-0.4, -0.2) is 28.6 Å². The average Bonchev–Trinajstić information content (AvgIpc) is 2.22. The number of hydrogen-bond donors (Lipinski definition) is 2. The van der Waals surface area contributed by atoms with Gasteiger partial charge in [0.25, 0.3) is 5.91 Å². The SMILES string of the molecule is Cc1cc(C)c(C(=O)NCC(O)C(C)(C)C)c(Cl)n1. The summed E-state index contributed by atoms with van der Waals surface area (Å²) < 4.78 is 0. The number of rotatable bonds is 3. The number of aliphatic hydroxyl groups is 1. The molecule has 0 aliphatic carbocycles. The highest BCUT2D eigenvalue weighted by Gasteiger charge is 2.23. The zero-order valence-corrected chi connectivity index (χ0v) is 12.8. The maximum atomic E-state index is 12.1. The van der Waals surface area contributed by atoms with Crippen molar-refractivity contribution >= 4 is 17.5 Å². The molecule has 0 spiro atoms. The van der Waals surface area contributed by atoms with Gasteiger partial charge in [0.15, 0.2) is 0 Å². The van der Waals surface area contributed by atoms with Gasteiger partial charge in [0.2, 0.25) is 0 Å². The van der Waals surface area contributed by atoms with Gasteiger partial charge in [0.05, 0.1) is 11.7 Å². The number of hydrogen-bond acceptors (Lipinski definition) is 3. The van der Waals surface area contributed by atoms with Gasteiger partial charge in [-0.25, -0.2) is 4.98 Å². The average molecular weight is 285 g/mol. The molecule has 1 aromatic heterocycles. The Kier molecular flexibility index (Phi) is 4.93. The summed E-state index contributed by atoms with van der Waals surface area (Å²) in [5.41, 5.74) is 1.64. The maximum Gasteiger partial charge on any atom is 0.254 e. The van der Waals surface area contributed by atoms with Crippen molar-refractivity contribution in [3.63, 3.8) is 0 Å². The Balaban J connectivity index is 2.80. The number of nitrogens with zero attached hydrogens (tertiary/aromatic N) is 1. The molecule has 0 fully saturated rings. The van der Waals surface area contributed by atoms with E-state index in [9.17, 15) is 9.90 Å². The molecule has 5 heteroatoms. The van der Waals surface area contributed by atoms with E-state index < -0.39 is 6.10 Å². The van der Waals surface area contributed by atoms with E-state index in [4.69, 9.17) is 11.6 Å². The highest BCUT2D eigenvalue weighted by Crippen LogP contribution is 2.20. The molecule has 0 bridgehead atoms. The third-order valence-corrected chi connectivity index (χ3v) is 3.26. The highest BCUT2D eigenvalue weighted by molar-refractivity contribution is 6.32. The van der Waals surface area contributed by atoms with Crippen molar-refractivity contribution in [2.24, 2.45) is 5.41 Å². The quantitative estimate of drug-likeness (QED) is 0.838. The van der Waals surface area contributed by atoms with Crippen LogP contribution in [-0.2, 0) is 0 Å². The third-order valence-electron chi connectivity index (χ3n) is 2.98. The van der Waals surface area contributed by atoms with Gasteiger partial charge >= 0.3 is 0 Å². The largest absolute Gasteiger partial charge is 0.391 e. The fourth-order valence-corrected chi connectivity index (χ4v) is 2.02. The molecular formula is C14H21ClN2O2. The number of halogens is 1. The maximum absolute atomic E-state index is 12.1. The minimum atomic E-state index is -0.617. The van der Waals surface area contributed by atoms with Crippen molar-refractivity contribution in [2.75, 3.05) is 6.54 Å². The Morgan fingerprint density at radius 2 is 2.05 bits per heavy atom. The van der Waals surface area contributed by atoms with Crippen LogP contribution in [0.4, 0.5) is 0 Å². The summed E-state index contributed by atoms with van der Waals surface area (Å²) in [6, 6.07) is 1.81. The van der Waals surface area contributed by atoms with E-state index >= 15 is 0 Å². The van der Waals surface area contributed by atoms with E-state index in [1.54, 1.807) is 6.07 Å².